The Kier molecular flexibility index (Phi) is 5.97. The Balaban J connectivity index is 1.73. The van der Waals surface area contributed by atoms with Crippen LogP contribution < -0.4 is 10.2 Å². The zero-order chi connectivity index (χ0) is 14.4. The second kappa shape index (κ2) is 7.73. The molecule has 5 nitrogen and oxygen atoms in total. The van der Waals surface area contributed by atoms with Crippen molar-refractivity contribution in [3.05, 3.63) is 34.3 Å². The van der Waals surface area contributed by atoms with Gasteiger partial charge in [-0.2, -0.15) is 0 Å². The molecule has 0 bridgehead atoms. The Labute approximate surface area is 127 Å². The summed E-state index contributed by atoms with van der Waals surface area (Å²) in [4.78, 5) is 13.2. The van der Waals surface area contributed by atoms with E-state index in [1.807, 2.05) is 12.1 Å². The van der Waals surface area contributed by atoms with E-state index in [0.29, 0.717) is 12.1 Å². The first kappa shape index (κ1) is 15.4. The maximum Gasteiger partial charge on any atom is 0.251 e. The van der Waals surface area contributed by atoms with Crippen molar-refractivity contribution in [1.82, 2.24) is 5.32 Å². The average Bonchev–Trinajstić information content (AvgIpc) is 2.46. The first-order valence-corrected chi connectivity index (χ1v) is 7.57. The van der Waals surface area contributed by atoms with E-state index >= 15 is 0 Å². The zero-order valence-corrected chi connectivity index (χ0v) is 12.9. The van der Waals surface area contributed by atoms with Gasteiger partial charge in [0.25, 0.3) is 5.91 Å². The molecule has 0 saturated carbocycles. The molecular formula is C14H20BrN2O3+. The molecular weight excluding hydrogens is 324 g/mol. The van der Waals surface area contributed by atoms with Crippen molar-refractivity contribution in [1.29, 1.82) is 0 Å². The number of nitrogens with one attached hydrogen (secondary N) is 2. The standard InChI is InChI=1S/C14H19BrN2O3/c15-12-3-1-11(2-4-12)14(19)16-9-13(18)10-17-5-7-20-8-6-17/h1-4,13,18H,5-10H2,(H,16,19)/p+1/t13-/m0/s1. The van der Waals surface area contributed by atoms with Crippen molar-refractivity contribution in [2.45, 2.75) is 6.10 Å². The van der Waals surface area contributed by atoms with Gasteiger partial charge in [0, 0.05) is 16.6 Å². The summed E-state index contributed by atoms with van der Waals surface area (Å²) in [5.74, 6) is -0.159. The summed E-state index contributed by atoms with van der Waals surface area (Å²) in [5.41, 5.74) is 0.596. The normalized spacial score (nSPS) is 17.7. The molecule has 1 aromatic rings. The van der Waals surface area contributed by atoms with Crippen LogP contribution in [0, 0.1) is 0 Å². The first-order chi connectivity index (χ1) is 9.65. The summed E-state index contributed by atoms with van der Waals surface area (Å²) in [7, 11) is 0. The SMILES string of the molecule is O=C(NC[C@H](O)C[NH+]1CCOCC1)c1ccc(Br)cc1. The number of aliphatic hydroxyl groups excluding tert-OH is 1. The lowest BCUT2D eigenvalue weighted by Gasteiger charge is -2.25. The lowest BCUT2D eigenvalue weighted by atomic mass is 10.2. The summed E-state index contributed by atoms with van der Waals surface area (Å²) in [6, 6.07) is 7.14. The fraction of sp³-hybridized carbons (Fsp3) is 0.500. The van der Waals surface area contributed by atoms with E-state index in [4.69, 9.17) is 4.74 Å². The molecule has 1 atom stereocenters. The van der Waals surface area contributed by atoms with Crippen molar-refractivity contribution < 1.29 is 19.5 Å². The van der Waals surface area contributed by atoms with Gasteiger partial charge in [0.1, 0.15) is 25.7 Å². The lowest BCUT2D eigenvalue weighted by molar-refractivity contribution is -0.910. The summed E-state index contributed by atoms with van der Waals surface area (Å²) < 4.78 is 6.21. The van der Waals surface area contributed by atoms with Crippen LogP contribution in [0.2, 0.25) is 0 Å². The molecule has 1 aliphatic rings. The number of rotatable bonds is 5. The smallest absolute Gasteiger partial charge is 0.251 e. The van der Waals surface area contributed by atoms with E-state index in [9.17, 15) is 9.90 Å². The number of ether oxygens (including phenoxy) is 1. The van der Waals surface area contributed by atoms with Gasteiger partial charge in [-0.3, -0.25) is 4.79 Å². The van der Waals surface area contributed by atoms with Crippen LogP contribution in [-0.4, -0.2) is 56.5 Å². The summed E-state index contributed by atoms with van der Waals surface area (Å²) in [6.45, 7) is 4.24. The lowest BCUT2D eigenvalue weighted by Crippen LogP contribution is -3.15. The number of hydrogen-bond donors (Lipinski definition) is 3. The van der Waals surface area contributed by atoms with Crippen LogP contribution in [-0.2, 0) is 4.74 Å². The predicted octanol–water partition coefficient (Wildman–Crippen LogP) is -0.545. The maximum atomic E-state index is 11.9. The molecule has 3 N–H and O–H groups in total. The minimum Gasteiger partial charge on any atom is -0.385 e. The Bertz CT molecular complexity index is 433. The first-order valence-electron chi connectivity index (χ1n) is 6.78. The number of hydrogen-bond acceptors (Lipinski definition) is 3. The van der Waals surface area contributed by atoms with Crippen LogP contribution in [0.15, 0.2) is 28.7 Å². The molecule has 0 radical (unpaired) electrons. The Morgan fingerprint density at radius 3 is 2.65 bits per heavy atom. The number of halogens is 1. The Hall–Kier alpha value is -0.950. The van der Waals surface area contributed by atoms with Gasteiger partial charge in [0.15, 0.2) is 0 Å². The molecule has 2 rings (SSSR count). The highest BCUT2D eigenvalue weighted by molar-refractivity contribution is 9.10. The molecule has 110 valence electrons. The topological polar surface area (TPSA) is 63.0 Å². The molecule has 20 heavy (non-hydrogen) atoms. The molecule has 0 aliphatic carbocycles. The van der Waals surface area contributed by atoms with Crippen molar-refractivity contribution in [2.75, 3.05) is 39.4 Å². The third-order valence-corrected chi connectivity index (χ3v) is 3.86. The van der Waals surface area contributed by atoms with Gasteiger partial charge in [-0.1, -0.05) is 15.9 Å². The van der Waals surface area contributed by atoms with Gasteiger partial charge < -0.3 is 20.1 Å². The van der Waals surface area contributed by atoms with Crippen LogP contribution in [0.1, 0.15) is 10.4 Å². The van der Waals surface area contributed by atoms with Gasteiger partial charge in [-0.25, -0.2) is 0 Å². The van der Waals surface area contributed by atoms with E-state index in [2.05, 4.69) is 21.2 Å². The van der Waals surface area contributed by atoms with Crippen LogP contribution in [0.5, 0.6) is 0 Å². The summed E-state index contributed by atoms with van der Waals surface area (Å²) in [5, 5.41) is 12.7. The molecule has 1 saturated heterocycles. The molecule has 1 heterocycles. The number of carbonyl (C=O) groups excluding carboxylic acids is 1. The third kappa shape index (κ3) is 4.86. The third-order valence-electron chi connectivity index (χ3n) is 3.33. The fourth-order valence-electron chi connectivity index (χ4n) is 2.18. The number of quaternary nitrogens is 1. The number of morpholine rings is 1. The average molecular weight is 344 g/mol. The second-order valence-electron chi connectivity index (χ2n) is 4.94. The monoisotopic (exact) mass is 343 g/mol. The highest BCUT2D eigenvalue weighted by atomic mass is 79.9. The molecule has 6 heteroatoms. The Morgan fingerprint density at radius 2 is 2.00 bits per heavy atom. The van der Waals surface area contributed by atoms with E-state index in [1.54, 1.807) is 12.1 Å². The van der Waals surface area contributed by atoms with Crippen molar-refractivity contribution >= 4 is 21.8 Å². The maximum absolute atomic E-state index is 11.9. The molecule has 0 aromatic heterocycles. The van der Waals surface area contributed by atoms with Gasteiger partial charge in [-0.15, -0.1) is 0 Å². The van der Waals surface area contributed by atoms with Crippen molar-refractivity contribution in [2.24, 2.45) is 0 Å². The van der Waals surface area contributed by atoms with Crippen molar-refractivity contribution in [3.63, 3.8) is 0 Å². The molecule has 1 aliphatic heterocycles. The van der Waals surface area contributed by atoms with Crippen molar-refractivity contribution in [3.8, 4) is 0 Å². The van der Waals surface area contributed by atoms with Gasteiger partial charge in [0.05, 0.1) is 13.2 Å². The van der Waals surface area contributed by atoms with Crippen LogP contribution in [0.25, 0.3) is 0 Å². The predicted molar refractivity (Wildman–Crippen MR) is 78.9 cm³/mol. The molecule has 1 aromatic carbocycles. The number of carbonyl (C=O) groups is 1. The van der Waals surface area contributed by atoms with Crippen LogP contribution in [0.3, 0.4) is 0 Å². The van der Waals surface area contributed by atoms with Crippen LogP contribution >= 0.6 is 15.9 Å². The minimum absolute atomic E-state index is 0.159. The number of aliphatic hydroxyl groups is 1. The molecule has 0 unspecified atom stereocenters. The summed E-state index contributed by atoms with van der Waals surface area (Å²) >= 11 is 3.33. The van der Waals surface area contributed by atoms with Gasteiger partial charge >= 0.3 is 0 Å². The van der Waals surface area contributed by atoms with E-state index in [1.165, 1.54) is 4.90 Å². The largest absolute Gasteiger partial charge is 0.385 e. The quantitative estimate of drug-likeness (QED) is 0.672. The van der Waals surface area contributed by atoms with E-state index in [-0.39, 0.29) is 12.5 Å². The fourth-order valence-corrected chi connectivity index (χ4v) is 2.45. The van der Waals surface area contributed by atoms with Crippen LogP contribution in [0.4, 0.5) is 0 Å². The summed E-state index contributed by atoms with van der Waals surface area (Å²) in [6.07, 6.45) is -0.525. The zero-order valence-electron chi connectivity index (χ0n) is 11.3. The molecule has 1 fully saturated rings. The number of benzene rings is 1. The molecule has 0 spiro atoms. The second-order valence-corrected chi connectivity index (χ2v) is 5.85. The van der Waals surface area contributed by atoms with Gasteiger partial charge in [0.2, 0.25) is 0 Å². The van der Waals surface area contributed by atoms with E-state index in [0.717, 1.165) is 30.8 Å². The molecule has 1 amide bonds. The number of amides is 1. The highest BCUT2D eigenvalue weighted by Crippen LogP contribution is 2.10. The minimum atomic E-state index is -0.525. The van der Waals surface area contributed by atoms with E-state index < -0.39 is 6.10 Å². The highest BCUT2D eigenvalue weighted by Gasteiger charge is 2.18. The van der Waals surface area contributed by atoms with Gasteiger partial charge in [-0.05, 0) is 24.3 Å². The Morgan fingerprint density at radius 1 is 1.35 bits per heavy atom.